The molecule has 0 aliphatic carbocycles. The van der Waals surface area contributed by atoms with E-state index >= 15 is 0 Å². The molecule has 0 saturated heterocycles. The van der Waals surface area contributed by atoms with Crippen molar-refractivity contribution in [1.82, 2.24) is 9.13 Å². The fraction of sp³-hybridized carbons (Fsp3) is 0.208. The van der Waals surface area contributed by atoms with Crippen molar-refractivity contribution in [2.45, 2.75) is 33.4 Å². The quantitative estimate of drug-likeness (QED) is 0.445. The van der Waals surface area contributed by atoms with Crippen molar-refractivity contribution in [3.63, 3.8) is 0 Å². The molecule has 0 bridgehead atoms. The van der Waals surface area contributed by atoms with Crippen molar-refractivity contribution in [2.24, 2.45) is 0 Å². The Morgan fingerprint density at radius 1 is 0.900 bits per heavy atom. The van der Waals surface area contributed by atoms with Gasteiger partial charge in [0.15, 0.2) is 5.78 Å². The molecule has 2 heterocycles. The average Bonchev–Trinajstić information content (AvgIpc) is 3.06. The highest BCUT2D eigenvalue weighted by molar-refractivity contribution is 7.18. The summed E-state index contributed by atoms with van der Waals surface area (Å²) >= 11 is 1.39. The molecule has 0 amide bonds. The van der Waals surface area contributed by atoms with Gasteiger partial charge in [-0.05, 0) is 31.4 Å². The summed E-state index contributed by atoms with van der Waals surface area (Å²) in [5.74, 6) is -0.157. The zero-order chi connectivity index (χ0) is 21.3. The van der Waals surface area contributed by atoms with Gasteiger partial charge in [-0.3, -0.25) is 18.7 Å². The summed E-state index contributed by atoms with van der Waals surface area (Å²) in [6, 6.07) is 18.7. The summed E-state index contributed by atoms with van der Waals surface area (Å²) in [4.78, 5) is 40.9. The Balaban J connectivity index is 1.82. The number of thiophene rings is 1. The van der Waals surface area contributed by atoms with E-state index in [-0.39, 0.29) is 24.4 Å². The van der Waals surface area contributed by atoms with E-state index in [1.54, 1.807) is 24.3 Å². The van der Waals surface area contributed by atoms with Gasteiger partial charge in [0.2, 0.25) is 0 Å². The fourth-order valence-electron chi connectivity index (χ4n) is 3.59. The van der Waals surface area contributed by atoms with Crippen LogP contribution in [0.15, 0.2) is 70.3 Å². The number of carbonyl (C=O) groups is 1. The third-order valence-electron chi connectivity index (χ3n) is 5.40. The van der Waals surface area contributed by atoms with E-state index in [9.17, 15) is 14.4 Å². The lowest BCUT2D eigenvalue weighted by Crippen LogP contribution is -2.41. The molecular weight excluding hydrogens is 396 g/mol. The first-order valence-electron chi connectivity index (χ1n) is 9.83. The summed E-state index contributed by atoms with van der Waals surface area (Å²) in [7, 11) is 0. The second kappa shape index (κ2) is 8.24. The van der Waals surface area contributed by atoms with E-state index in [0.717, 1.165) is 16.0 Å². The van der Waals surface area contributed by atoms with Gasteiger partial charge >= 0.3 is 5.69 Å². The van der Waals surface area contributed by atoms with Crippen LogP contribution in [0.1, 0.15) is 26.4 Å². The van der Waals surface area contributed by atoms with Crippen LogP contribution in [-0.2, 0) is 19.5 Å². The third kappa shape index (κ3) is 3.66. The molecule has 0 atom stereocenters. The Labute approximate surface area is 177 Å². The number of Topliss-reactive ketones (excluding diaryl/α,β-unsaturated/α-hetero) is 1. The van der Waals surface area contributed by atoms with Crippen molar-refractivity contribution in [1.29, 1.82) is 0 Å². The van der Waals surface area contributed by atoms with Crippen LogP contribution in [0, 0.1) is 13.8 Å². The van der Waals surface area contributed by atoms with Crippen LogP contribution in [0.5, 0.6) is 0 Å². The lowest BCUT2D eigenvalue weighted by molar-refractivity contribution is 0.0971. The highest BCUT2D eigenvalue weighted by Crippen LogP contribution is 2.27. The average molecular weight is 419 g/mol. The number of rotatable bonds is 6. The molecule has 0 aliphatic rings. The molecule has 0 fully saturated rings. The van der Waals surface area contributed by atoms with Gasteiger partial charge in [0.05, 0.1) is 11.9 Å². The Morgan fingerprint density at radius 2 is 1.53 bits per heavy atom. The summed E-state index contributed by atoms with van der Waals surface area (Å²) in [6.07, 6.45) is 0.566. The van der Waals surface area contributed by atoms with Crippen LogP contribution in [-0.4, -0.2) is 14.9 Å². The van der Waals surface area contributed by atoms with Gasteiger partial charge in [0, 0.05) is 17.0 Å². The molecule has 4 rings (SSSR count). The zero-order valence-electron chi connectivity index (χ0n) is 16.9. The molecule has 0 aliphatic heterocycles. The van der Waals surface area contributed by atoms with E-state index < -0.39 is 5.69 Å². The SMILES string of the molecule is Cc1sc2c(c1C)c(=O)n(CCc1ccccc1)c(=O)n2CC(=O)c1ccccc1. The third-order valence-corrected chi connectivity index (χ3v) is 6.63. The maximum Gasteiger partial charge on any atom is 0.332 e. The maximum absolute atomic E-state index is 13.3. The van der Waals surface area contributed by atoms with Gasteiger partial charge in [-0.15, -0.1) is 11.3 Å². The molecule has 0 spiro atoms. The molecule has 6 heteroatoms. The van der Waals surface area contributed by atoms with Gasteiger partial charge < -0.3 is 0 Å². The van der Waals surface area contributed by atoms with Crippen molar-refractivity contribution >= 4 is 27.3 Å². The second-order valence-electron chi connectivity index (χ2n) is 7.31. The molecule has 152 valence electrons. The lowest BCUT2D eigenvalue weighted by Gasteiger charge is -2.12. The van der Waals surface area contributed by atoms with Gasteiger partial charge in [-0.2, -0.15) is 0 Å². The highest BCUT2D eigenvalue weighted by Gasteiger charge is 2.20. The Kier molecular flexibility index (Phi) is 5.50. The summed E-state index contributed by atoms with van der Waals surface area (Å²) in [5, 5.41) is 0.533. The Hall–Kier alpha value is -3.25. The van der Waals surface area contributed by atoms with E-state index in [2.05, 4.69) is 0 Å². The monoisotopic (exact) mass is 418 g/mol. The van der Waals surface area contributed by atoms with Crippen LogP contribution in [0.25, 0.3) is 10.2 Å². The molecule has 4 aromatic rings. The number of hydrogen-bond donors (Lipinski definition) is 0. The summed E-state index contributed by atoms with van der Waals surface area (Å²) in [6.45, 7) is 4.00. The van der Waals surface area contributed by atoms with Gasteiger partial charge in [0.25, 0.3) is 5.56 Å². The first kappa shape index (κ1) is 20.0. The van der Waals surface area contributed by atoms with Gasteiger partial charge in [0.1, 0.15) is 4.83 Å². The standard InChI is InChI=1S/C24H22N2O3S/c1-16-17(2)30-23-21(16)22(28)25(14-13-18-9-5-3-6-10-18)24(29)26(23)15-20(27)19-11-7-4-8-12-19/h3-12H,13-15H2,1-2H3. The molecule has 5 nitrogen and oxygen atoms in total. The van der Waals surface area contributed by atoms with Crippen LogP contribution in [0.3, 0.4) is 0 Å². The van der Waals surface area contributed by atoms with Crippen LogP contribution in [0.2, 0.25) is 0 Å². The smallest absolute Gasteiger partial charge is 0.292 e. The molecule has 0 saturated carbocycles. The Morgan fingerprint density at radius 3 is 2.20 bits per heavy atom. The fourth-order valence-corrected chi connectivity index (χ4v) is 4.73. The number of hydrogen-bond acceptors (Lipinski definition) is 4. The lowest BCUT2D eigenvalue weighted by atomic mass is 10.1. The molecule has 0 radical (unpaired) electrons. The number of aryl methyl sites for hydroxylation is 3. The Bertz CT molecular complexity index is 1330. The molecule has 30 heavy (non-hydrogen) atoms. The normalized spacial score (nSPS) is 11.1. The predicted octanol–water partition coefficient (Wildman–Crippen LogP) is 3.97. The number of fused-ring (bicyclic) bond motifs is 1. The van der Waals surface area contributed by atoms with Crippen LogP contribution < -0.4 is 11.2 Å². The van der Waals surface area contributed by atoms with E-state index in [4.69, 9.17) is 0 Å². The summed E-state index contributed by atoms with van der Waals surface area (Å²) < 4.78 is 2.73. The molecular formula is C24H22N2O3S. The van der Waals surface area contributed by atoms with Crippen molar-refractivity contribution in [3.8, 4) is 0 Å². The van der Waals surface area contributed by atoms with E-state index in [1.807, 2.05) is 50.2 Å². The largest absolute Gasteiger partial charge is 0.332 e. The first-order chi connectivity index (χ1) is 14.5. The first-order valence-corrected chi connectivity index (χ1v) is 10.6. The van der Waals surface area contributed by atoms with Crippen molar-refractivity contribution in [3.05, 3.63) is 103 Å². The van der Waals surface area contributed by atoms with Crippen molar-refractivity contribution < 1.29 is 4.79 Å². The summed E-state index contributed by atoms with van der Waals surface area (Å²) in [5.41, 5.74) is 1.75. The number of carbonyl (C=O) groups excluding carboxylic acids is 1. The predicted molar refractivity (Wildman–Crippen MR) is 121 cm³/mol. The number of ketones is 1. The number of aromatic nitrogens is 2. The molecule has 2 aromatic heterocycles. The number of benzene rings is 2. The zero-order valence-corrected chi connectivity index (χ0v) is 17.7. The minimum Gasteiger partial charge on any atom is -0.292 e. The minimum absolute atomic E-state index is 0.0929. The molecule has 0 unspecified atom stereocenters. The van der Waals surface area contributed by atoms with Gasteiger partial charge in [-0.25, -0.2) is 4.79 Å². The second-order valence-corrected chi connectivity index (χ2v) is 8.52. The van der Waals surface area contributed by atoms with Crippen molar-refractivity contribution in [2.75, 3.05) is 0 Å². The van der Waals surface area contributed by atoms with E-state index in [0.29, 0.717) is 22.2 Å². The van der Waals surface area contributed by atoms with Crippen LogP contribution in [0.4, 0.5) is 0 Å². The topological polar surface area (TPSA) is 61.1 Å². The number of nitrogens with zero attached hydrogens (tertiary/aromatic N) is 2. The minimum atomic E-state index is -0.436. The van der Waals surface area contributed by atoms with Gasteiger partial charge in [-0.1, -0.05) is 60.7 Å². The van der Waals surface area contributed by atoms with E-state index in [1.165, 1.54) is 20.5 Å². The molecule has 2 aromatic carbocycles. The molecule has 0 N–H and O–H groups in total. The van der Waals surface area contributed by atoms with Crippen LogP contribution >= 0.6 is 11.3 Å². The highest BCUT2D eigenvalue weighted by atomic mass is 32.1. The maximum atomic E-state index is 13.3.